The number of carboxylic acids is 1. The second-order valence-corrected chi connectivity index (χ2v) is 8.09. The lowest BCUT2D eigenvalue weighted by Gasteiger charge is -2.39. The van der Waals surface area contributed by atoms with Gasteiger partial charge in [-0.2, -0.15) is 4.67 Å². The van der Waals surface area contributed by atoms with Crippen LogP contribution in [0, 0.1) is 17.8 Å². The van der Waals surface area contributed by atoms with Gasteiger partial charge in [0.05, 0.1) is 6.04 Å². The summed E-state index contributed by atoms with van der Waals surface area (Å²) in [5, 5.41) is 12.0. The summed E-state index contributed by atoms with van der Waals surface area (Å²) in [5.41, 5.74) is 0. The van der Waals surface area contributed by atoms with Crippen molar-refractivity contribution in [3.05, 3.63) is 0 Å². The first-order valence-electron chi connectivity index (χ1n) is 7.76. The number of nitrogens with zero attached hydrogens (tertiary/aromatic N) is 1. The van der Waals surface area contributed by atoms with Crippen molar-refractivity contribution in [2.45, 2.75) is 39.3 Å². The lowest BCUT2D eigenvalue weighted by Crippen LogP contribution is -2.55. The van der Waals surface area contributed by atoms with Crippen molar-refractivity contribution >= 4 is 25.8 Å². The van der Waals surface area contributed by atoms with Gasteiger partial charge in [0.25, 0.3) is 0 Å². The number of carbonyl (C=O) groups excluding carboxylic acids is 2. The highest BCUT2D eigenvalue weighted by Gasteiger charge is 2.46. The molecule has 0 aromatic carbocycles. The first-order valence-corrected chi connectivity index (χ1v) is 9.33. The standard InChI is InChI=1S/C14H25N2O7P/c1-8(2)4-12(14(19)20)15-5-11-10(7-17)6-16(24(21,22)23)9(3)13(11)18/h7-12,15H,4-6H2,1-3H3,(H,19,20)(H2,21,22,23)/t9?,10?,11?,12-/m0/s1. The lowest BCUT2D eigenvalue weighted by molar-refractivity contribution is -0.141. The number of aliphatic carboxylic acids is 1. The highest BCUT2D eigenvalue weighted by atomic mass is 31.2. The molecular formula is C14H25N2O7P. The number of aldehydes is 1. The second kappa shape index (κ2) is 8.31. The van der Waals surface area contributed by atoms with Gasteiger partial charge in [0.2, 0.25) is 0 Å². The molecule has 1 fully saturated rings. The average Bonchev–Trinajstić information content (AvgIpc) is 2.45. The molecule has 0 amide bonds. The van der Waals surface area contributed by atoms with Crippen molar-refractivity contribution in [2.75, 3.05) is 13.1 Å². The third-order valence-electron chi connectivity index (χ3n) is 4.24. The fourth-order valence-electron chi connectivity index (χ4n) is 2.90. The monoisotopic (exact) mass is 364 g/mol. The van der Waals surface area contributed by atoms with E-state index in [-0.39, 0.29) is 19.0 Å². The van der Waals surface area contributed by atoms with E-state index in [1.54, 1.807) is 0 Å². The van der Waals surface area contributed by atoms with Gasteiger partial charge in [-0.15, -0.1) is 0 Å². The molecule has 0 aromatic rings. The van der Waals surface area contributed by atoms with Crippen molar-refractivity contribution < 1.29 is 33.8 Å². The largest absolute Gasteiger partial charge is 0.480 e. The molecule has 138 valence electrons. The number of rotatable bonds is 8. The first kappa shape index (κ1) is 20.9. The Labute approximate surface area is 140 Å². The number of ketones is 1. The van der Waals surface area contributed by atoms with Crippen LogP contribution in [0.15, 0.2) is 0 Å². The minimum absolute atomic E-state index is 0.0226. The second-order valence-electron chi connectivity index (χ2n) is 6.55. The quantitative estimate of drug-likeness (QED) is 0.342. The van der Waals surface area contributed by atoms with Crippen LogP contribution in [0.2, 0.25) is 0 Å². The Kier molecular flexibility index (Phi) is 7.25. The molecule has 0 bridgehead atoms. The number of hydrogen-bond acceptors (Lipinski definition) is 5. The summed E-state index contributed by atoms with van der Waals surface area (Å²) in [5.74, 6) is -3.11. The van der Waals surface area contributed by atoms with Gasteiger partial charge in [0.15, 0.2) is 5.78 Å². The van der Waals surface area contributed by atoms with E-state index < -0.39 is 43.4 Å². The SMILES string of the molecule is CC(C)C[C@H](NCC1C(=O)C(C)N(P(=O)(O)O)CC1C=O)C(=O)O. The number of carboxylic acid groups (broad SMARTS) is 1. The summed E-state index contributed by atoms with van der Waals surface area (Å²) in [6.07, 6.45) is 0.864. The van der Waals surface area contributed by atoms with Crippen LogP contribution in [0.5, 0.6) is 0 Å². The van der Waals surface area contributed by atoms with Crippen LogP contribution in [0.25, 0.3) is 0 Å². The Bertz CT molecular complexity index is 533. The third-order valence-corrected chi connectivity index (χ3v) is 5.42. The van der Waals surface area contributed by atoms with Gasteiger partial charge >= 0.3 is 13.7 Å². The molecule has 4 N–H and O–H groups in total. The van der Waals surface area contributed by atoms with E-state index in [4.69, 9.17) is 0 Å². The van der Waals surface area contributed by atoms with E-state index in [1.807, 2.05) is 13.8 Å². The minimum Gasteiger partial charge on any atom is -0.480 e. The summed E-state index contributed by atoms with van der Waals surface area (Å²) < 4.78 is 12.2. The Morgan fingerprint density at radius 1 is 1.46 bits per heavy atom. The molecule has 1 aliphatic rings. The van der Waals surface area contributed by atoms with Gasteiger partial charge in [-0.25, -0.2) is 4.57 Å². The maximum atomic E-state index is 12.4. The molecule has 0 aliphatic carbocycles. The third kappa shape index (κ3) is 5.19. The number of hydrogen-bond donors (Lipinski definition) is 4. The van der Waals surface area contributed by atoms with E-state index in [1.165, 1.54) is 6.92 Å². The van der Waals surface area contributed by atoms with E-state index in [0.717, 1.165) is 0 Å². The van der Waals surface area contributed by atoms with Crippen LogP contribution in [0.1, 0.15) is 27.2 Å². The van der Waals surface area contributed by atoms with Gasteiger partial charge < -0.3 is 25.0 Å². The van der Waals surface area contributed by atoms with Gasteiger partial charge in [0, 0.05) is 24.9 Å². The van der Waals surface area contributed by atoms with Gasteiger partial charge in [-0.05, 0) is 19.3 Å². The normalized spacial score (nSPS) is 27.2. The molecule has 10 heteroatoms. The molecule has 1 aliphatic heterocycles. The fourth-order valence-corrected chi connectivity index (χ4v) is 3.87. The molecule has 0 saturated carbocycles. The number of nitrogens with one attached hydrogen (secondary N) is 1. The van der Waals surface area contributed by atoms with Crippen LogP contribution < -0.4 is 5.32 Å². The van der Waals surface area contributed by atoms with Crippen molar-refractivity contribution in [2.24, 2.45) is 17.8 Å². The van der Waals surface area contributed by atoms with E-state index in [9.17, 15) is 33.8 Å². The molecule has 1 heterocycles. The van der Waals surface area contributed by atoms with E-state index in [0.29, 0.717) is 17.4 Å². The highest BCUT2D eigenvalue weighted by Crippen LogP contribution is 2.45. The zero-order chi connectivity index (χ0) is 18.7. The Hall–Kier alpha value is -1.12. The van der Waals surface area contributed by atoms with Crippen molar-refractivity contribution in [3.63, 3.8) is 0 Å². The van der Waals surface area contributed by atoms with Crippen LogP contribution >= 0.6 is 7.75 Å². The Balaban J connectivity index is 2.87. The van der Waals surface area contributed by atoms with Crippen molar-refractivity contribution in [1.29, 1.82) is 0 Å². The van der Waals surface area contributed by atoms with Gasteiger partial charge in [-0.3, -0.25) is 9.59 Å². The maximum Gasteiger partial charge on any atom is 0.403 e. The topological polar surface area (TPSA) is 144 Å². The predicted molar refractivity (Wildman–Crippen MR) is 85.1 cm³/mol. The molecule has 4 atom stereocenters. The molecule has 0 aromatic heterocycles. The van der Waals surface area contributed by atoms with Crippen LogP contribution in [-0.2, 0) is 18.9 Å². The van der Waals surface area contributed by atoms with Gasteiger partial charge in [-0.1, -0.05) is 13.8 Å². The molecule has 1 rings (SSSR count). The Morgan fingerprint density at radius 2 is 2.04 bits per heavy atom. The smallest absolute Gasteiger partial charge is 0.403 e. The summed E-state index contributed by atoms with van der Waals surface area (Å²) in [6.45, 7) is 4.85. The minimum atomic E-state index is -4.65. The average molecular weight is 364 g/mol. The first-order chi connectivity index (χ1) is 11.0. The fraction of sp³-hybridized carbons (Fsp3) is 0.786. The van der Waals surface area contributed by atoms with E-state index >= 15 is 0 Å². The summed E-state index contributed by atoms with van der Waals surface area (Å²) >= 11 is 0. The van der Waals surface area contributed by atoms with Crippen LogP contribution in [-0.4, -0.2) is 62.8 Å². The lowest BCUT2D eigenvalue weighted by atomic mass is 9.82. The van der Waals surface area contributed by atoms with Gasteiger partial charge in [0.1, 0.15) is 12.3 Å². The Morgan fingerprint density at radius 3 is 2.46 bits per heavy atom. The number of Topliss-reactive ketones (excluding diaryl/α,β-unsaturated/α-hetero) is 1. The molecule has 1 saturated heterocycles. The predicted octanol–water partition coefficient (Wildman–Crippen LogP) is -0.127. The van der Waals surface area contributed by atoms with E-state index in [2.05, 4.69) is 5.32 Å². The summed E-state index contributed by atoms with van der Waals surface area (Å²) in [4.78, 5) is 53.6. The zero-order valence-electron chi connectivity index (χ0n) is 14.0. The molecule has 0 radical (unpaired) electrons. The summed E-state index contributed by atoms with van der Waals surface area (Å²) in [7, 11) is -4.65. The highest BCUT2D eigenvalue weighted by molar-refractivity contribution is 7.49. The summed E-state index contributed by atoms with van der Waals surface area (Å²) in [6, 6.07) is -1.89. The number of piperidine rings is 1. The molecular weight excluding hydrogens is 339 g/mol. The van der Waals surface area contributed by atoms with Crippen molar-refractivity contribution in [1.82, 2.24) is 9.99 Å². The van der Waals surface area contributed by atoms with Crippen LogP contribution in [0.3, 0.4) is 0 Å². The maximum absolute atomic E-state index is 12.4. The molecule has 24 heavy (non-hydrogen) atoms. The molecule has 3 unspecified atom stereocenters. The van der Waals surface area contributed by atoms with Crippen molar-refractivity contribution in [3.8, 4) is 0 Å². The number of carbonyl (C=O) groups is 3. The molecule has 0 spiro atoms. The molecule has 9 nitrogen and oxygen atoms in total. The van der Waals surface area contributed by atoms with Crippen LogP contribution in [0.4, 0.5) is 0 Å². The zero-order valence-corrected chi connectivity index (χ0v) is 14.8.